The van der Waals surface area contributed by atoms with Crippen LogP contribution in [0.5, 0.6) is 0 Å². The molecule has 2 heterocycles. The molecule has 1 unspecified atom stereocenters. The van der Waals surface area contributed by atoms with Crippen LogP contribution in [0.1, 0.15) is 18.5 Å². The third-order valence-corrected chi connectivity index (χ3v) is 6.00. The summed E-state index contributed by atoms with van der Waals surface area (Å²) in [7, 11) is -2.03. The van der Waals surface area contributed by atoms with E-state index in [9.17, 15) is 13.5 Å². The van der Waals surface area contributed by atoms with E-state index in [4.69, 9.17) is 11.6 Å². The second-order valence-corrected chi connectivity index (χ2v) is 7.12. The van der Waals surface area contributed by atoms with Crippen LogP contribution in [0.3, 0.4) is 0 Å². The predicted molar refractivity (Wildman–Crippen MR) is 71.5 cm³/mol. The highest BCUT2D eigenvalue weighted by molar-refractivity contribution is 7.89. The normalized spacial score (nSPS) is 21.8. The average Bonchev–Trinajstić information content (AvgIpc) is 2.63. The van der Waals surface area contributed by atoms with E-state index in [1.165, 1.54) is 8.99 Å². The summed E-state index contributed by atoms with van der Waals surface area (Å²) < 4.78 is 28.0. The van der Waals surface area contributed by atoms with Gasteiger partial charge in [0.05, 0.1) is 5.69 Å². The van der Waals surface area contributed by atoms with Gasteiger partial charge in [0.1, 0.15) is 10.0 Å². The number of aromatic nitrogens is 2. The molecule has 8 heteroatoms. The Bertz CT molecular complexity index is 570. The zero-order valence-electron chi connectivity index (χ0n) is 11.0. The van der Waals surface area contributed by atoms with Crippen LogP contribution in [0.2, 0.25) is 5.15 Å². The Morgan fingerprint density at radius 1 is 1.53 bits per heavy atom. The summed E-state index contributed by atoms with van der Waals surface area (Å²) in [4.78, 5) is 0.0789. The van der Waals surface area contributed by atoms with Crippen molar-refractivity contribution in [3.05, 3.63) is 10.8 Å². The number of aryl methyl sites for hydroxylation is 2. The summed E-state index contributed by atoms with van der Waals surface area (Å²) in [5.41, 5.74) is 0.402. The van der Waals surface area contributed by atoms with Crippen LogP contribution in [-0.4, -0.2) is 47.3 Å². The van der Waals surface area contributed by atoms with Crippen molar-refractivity contribution in [2.75, 3.05) is 19.7 Å². The van der Waals surface area contributed by atoms with Gasteiger partial charge < -0.3 is 5.11 Å². The van der Waals surface area contributed by atoms with E-state index >= 15 is 0 Å². The lowest BCUT2D eigenvalue weighted by Gasteiger charge is -2.30. The number of sulfonamides is 1. The second-order valence-electron chi connectivity index (χ2n) is 4.88. The van der Waals surface area contributed by atoms with E-state index in [0.717, 1.165) is 12.8 Å². The lowest BCUT2D eigenvalue weighted by molar-refractivity contribution is 0.165. The molecule has 1 aromatic rings. The molecule has 0 amide bonds. The number of hydrogen-bond acceptors (Lipinski definition) is 4. The van der Waals surface area contributed by atoms with E-state index in [1.807, 2.05) is 0 Å². The van der Waals surface area contributed by atoms with Crippen molar-refractivity contribution in [3.63, 3.8) is 0 Å². The molecule has 19 heavy (non-hydrogen) atoms. The summed E-state index contributed by atoms with van der Waals surface area (Å²) in [5.74, 6) is -0.000668. The summed E-state index contributed by atoms with van der Waals surface area (Å²) in [6, 6.07) is 0. The Hall–Kier alpha value is -0.630. The topological polar surface area (TPSA) is 75.4 Å². The van der Waals surface area contributed by atoms with Crippen molar-refractivity contribution < 1.29 is 13.5 Å². The van der Waals surface area contributed by atoms with E-state index in [2.05, 4.69) is 5.10 Å². The number of piperidine rings is 1. The van der Waals surface area contributed by atoms with Crippen molar-refractivity contribution >= 4 is 21.6 Å². The molecule has 0 spiro atoms. The average molecular weight is 308 g/mol. The minimum absolute atomic E-state index is 0.000668. The highest BCUT2D eigenvalue weighted by Gasteiger charge is 2.34. The van der Waals surface area contributed by atoms with Gasteiger partial charge in [-0.05, 0) is 25.7 Å². The number of rotatable bonds is 3. The quantitative estimate of drug-likeness (QED) is 0.895. The molecule has 0 aromatic carbocycles. The fraction of sp³-hybridized carbons (Fsp3) is 0.727. The molecule has 2 rings (SSSR count). The Morgan fingerprint density at radius 2 is 2.21 bits per heavy atom. The van der Waals surface area contributed by atoms with Crippen LogP contribution in [0.15, 0.2) is 4.90 Å². The Balaban J connectivity index is 2.37. The fourth-order valence-corrected chi connectivity index (χ4v) is 4.69. The first-order chi connectivity index (χ1) is 8.87. The molecule has 108 valence electrons. The molecule has 0 aliphatic carbocycles. The molecular formula is C11H18ClN3O3S. The monoisotopic (exact) mass is 307 g/mol. The van der Waals surface area contributed by atoms with Gasteiger partial charge in [-0.3, -0.25) is 4.68 Å². The molecule has 1 aromatic heterocycles. The summed E-state index contributed by atoms with van der Waals surface area (Å²) in [6.07, 6.45) is 1.60. The predicted octanol–water partition coefficient (Wildman–Crippen LogP) is 0.775. The molecule has 0 saturated carbocycles. The van der Waals surface area contributed by atoms with Gasteiger partial charge in [-0.2, -0.15) is 9.40 Å². The van der Waals surface area contributed by atoms with Gasteiger partial charge in [-0.25, -0.2) is 8.42 Å². The lowest BCUT2D eigenvalue weighted by Crippen LogP contribution is -2.41. The van der Waals surface area contributed by atoms with Gasteiger partial charge in [0.2, 0.25) is 10.0 Å². The third kappa shape index (κ3) is 2.65. The maximum Gasteiger partial charge on any atom is 0.248 e. The van der Waals surface area contributed by atoms with Gasteiger partial charge in [0.15, 0.2) is 0 Å². The van der Waals surface area contributed by atoms with Gasteiger partial charge in [-0.15, -0.1) is 0 Å². The van der Waals surface area contributed by atoms with E-state index < -0.39 is 10.0 Å². The van der Waals surface area contributed by atoms with Crippen molar-refractivity contribution in [1.82, 2.24) is 14.1 Å². The van der Waals surface area contributed by atoms with Crippen molar-refractivity contribution in [1.29, 1.82) is 0 Å². The summed E-state index contributed by atoms with van der Waals surface area (Å²) in [6.45, 7) is 2.44. The molecule has 1 atom stereocenters. The van der Waals surface area contributed by atoms with Gasteiger partial charge in [-0.1, -0.05) is 11.6 Å². The maximum atomic E-state index is 12.6. The van der Waals surface area contributed by atoms with E-state index in [-0.39, 0.29) is 22.6 Å². The number of hydrogen-bond donors (Lipinski definition) is 1. The molecule has 1 fully saturated rings. The first kappa shape index (κ1) is 14.8. The fourth-order valence-electron chi connectivity index (χ4n) is 2.43. The van der Waals surface area contributed by atoms with Gasteiger partial charge in [0.25, 0.3) is 0 Å². The lowest BCUT2D eigenvalue weighted by atomic mass is 10.0. The molecule has 1 aliphatic rings. The molecule has 1 aliphatic heterocycles. The van der Waals surface area contributed by atoms with Gasteiger partial charge in [0, 0.05) is 26.7 Å². The molecule has 0 radical (unpaired) electrons. The Morgan fingerprint density at radius 3 is 2.74 bits per heavy atom. The van der Waals surface area contributed by atoms with Gasteiger partial charge >= 0.3 is 0 Å². The van der Waals surface area contributed by atoms with Crippen molar-refractivity contribution in [2.45, 2.75) is 24.7 Å². The Labute approximate surface area is 118 Å². The van der Waals surface area contributed by atoms with E-state index in [0.29, 0.717) is 18.8 Å². The number of aliphatic hydroxyl groups is 1. The van der Waals surface area contributed by atoms with Crippen LogP contribution >= 0.6 is 11.6 Å². The largest absolute Gasteiger partial charge is 0.396 e. The summed E-state index contributed by atoms with van der Waals surface area (Å²) >= 11 is 6.03. The van der Waals surface area contributed by atoms with Crippen LogP contribution in [0, 0.1) is 12.8 Å². The number of nitrogens with zero attached hydrogens (tertiary/aromatic N) is 3. The van der Waals surface area contributed by atoms with Crippen LogP contribution in [0.4, 0.5) is 0 Å². The maximum absolute atomic E-state index is 12.6. The van der Waals surface area contributed by atoms with Crippen molar-refractivity contribution in [3.8, 4) is 0 Å². The zero-order chi connectivity index (χ0) is 14.2. The molecule has 1 saturated heterocycles. The van der Waals surface area contributed by atoms with Crippen LogP contribution in [-0.2, 0) is 17.1 Å². The minimum atomic E-state index is -3.64. The Kier molecular flexibility index (Phi) is 4.20. The first-order valence-electron chi connectivity index (χ1n) is 6.18. The highest BCUT2D eigenvalue weighted by atomic mass is 35.5. The number of halogens is 1. The smallest absolute Gasteiger partial charge is 0.248 e. The molecule has 6 nitrogen and oxygen atoms in total. The molecule has 1 N–H and O–H groups in total. The third-order valence-electron chi connectivity index (χ3n) is 3.44. The SMILES string of the molecule is Cc1nn(C)c(Cl)c1S(=O)(=O)N1CCCC(CO)C1. The zero-order valence-corrected chi connectivity index (χ0v) is 12.6. The second kappa shape index (κ2) is 5.40. The van der Waals surface area contributed by atoms with Crippen LogP contribution < -0.4 is 0 Å². The van der Waals surface area contributed by atoms with Crippen LogP contribution in [0.25, 0.3) is 0 Å². The standard InChI is InChI=1S/C11H18ClN3O3S/c1-8-10(11(12)14(2)13-8)19(17,18)15-5-3-4-9(6-15)7-16/h9,16H,3-7H2,1-2H3. The minimum Gasteiger partial charge on any atom is -0.396 e. The van der Waals surface area contributed by atoms with E-state index in [1.54, 1.807) is 14.0 Å². The first-order valence-corrected chi connectivity index (χ1v) is 7.99. The van der Waals surface area contributed by atoms with Crippen molar-refractivity contribution in [2.24, 2.45) is 13.0 Å². The molecule has 0 bridgehead atoms. The number of aliphatic hydroxyl groups excluding tert-OH is 1. The molecular weight excluding hydrogens is 290 g/mol. The summed E-state index contributed by atoms with van der Waals surface area (Å²) in [5, 5.41) is 13.4. The highest BCUT2D eigenvalue weighted by Crippen LogP contribution is 2.30.